The van der Waals surface area contributed by atoms with E-state index in [1.54, 1.807) is 7.11 Å². The zero-order valence-corrected chi connectivity index (χ0v) is 12.3. The van der Waals surface area contributed by atoms with E-state index >= 15 is 0 Å². The van der Waals surface area contributed by atoms with Crippen molar-refractivity contribution >= 4 is 5.69 Å². The van der Waals surface area contributed by atoms with Crippen molar-refractivity contribution in [2.45, 2.75) is 19.4 Å². The third-order valence-corrected chi connectivity index (χ3v) is 3.49. The Balaban J connectivity index is 1.61. The molecule has 21 heavy (non-hydrogen) atoms. The second-order valence-electron chi connectivity index (χ2n) is 5.17. The van der Waals surface area contributed by atoms with E-state index in [9.17, 15) is 0 Å². The molecule has 0 saturated carbocycles. The monoisotopic (exact) mass is 285 g/mol. The fraction of sp³-hybridized carbons (Fsp3) is 0.294. The van der Waals surface area contributed by atoms with E-state index in [1.165, 1.54) is 5.56 Å². The number of nitrogens with one attached hydrogen (secondary N) is 1. The van der Waals surface area contributed by atoms with Crippen LogP contribution in [0.5, 0.6) is 17.2 Å². The van der Waals surface area contributed by atoms with Crippen LogP contribution in [0.25, 0.3) is 0 Å². The van der Waals surface area contributed by atoms with Crippen molar-refractivity contribution in [2.24, 2.45) is 0 Å². The molecule has 1 heterocycles. The first-order chi connectivity index (χ1) is 10.2. The Kier molecular flexibility index (Phi) is 3.86. The maximum absolute atomic E-state index is 5.39. The number of methoxy groups -OCH3 is 1. The first-order valence-corrected chi connectivity index (χ1v) is 7.04. The van der Waals surface area contributed by atoms with Gasteiger partial charge in [0.05, 0.1) is 7.11 Å². The molecule has 1 aliphatic heterocycles. The molecule has 0 radical (unpaired) electrons. The van der Waals surface area contributed by atoms with Gasteiger partial charge in [-0.2, -0.15) is 0 Å². The topological polar surface area (TPSA) is 39.7 Å². The molecule has 0 amide bonds. The smallest absolute Gasteiger partial charge is 0.231 e. The molecule has 0 aliphatic carbocycles. The van der Waals surface area contributed by atoms with E-state index < -0.39 is 0 Å². The molecule has 0 fully saturated rings. The summed E-state index contributed by atoms with van der Waals surface area (Å²) in [5, 5.41) is 3.48. The fourth-order valence-electron chi connectivity index (χ4n) is 2.44. The Morgan fingerprint density at radius 3 is 2.62 bits per heavy atom. The van der Waals surface area contributed by atoms with Gasteiger partial charge in [-0.1, -0.05) is 12.1 Å². The molecule has 0 aromatic heterocycles. The lowest BCUT2D eigenvalue weighted by Crippen LogP contribution is -2.17. The molecule has 0 saturated heterocycles. The van der Waals surface area contributed by atoms with Crippen LogP contribution >= 0.6 is 0 Å². The molecule has 3 rings (SSSR count). The van der Waals surface area contributed by atoms with Gasteiger partial charge in [0.15, 0.2) is 11.5 Å². The molecule has 1 aliphatic rings. The second-order valence-corrected chi connectivity index (χ2v) is 5.17. The third kappa shape index (κ3) is 3.21. The van der Waals surface area contributed by atoms with Crippen LogP contribution in [0.3, 0.4) is 0 Å². The molecule has 1 atom stereocenters. The standard InChI is InChI=1S/C17H19NO3/c1-12(9-13-3-6-15(19-2)7-4-13)18-14-5-8-16-17(10-14)21-11-20-16/h3-8,10,12,18H,9,11H2,1-2H3. The van der Waals surface area contributed by atoms with E-state index in [0.29, 0.717) is 12.8 Å². The fourth-order valence-corrected chi connectivity index (χ4v) is 2.44. The van der Waals surface area contributed by atoms with Crippen molar-refractivity contribution in [3.8, 4) is 17.2 Å². The summed E-state index contributed by atoms with van der Waals surface area (Å²) in [5.41, 5.74) is 2.32. The van der Waals surface area contributed by atoms with Crippen LogP contribution < -0.4 is 19.5 Å². The Labute approximate surface area is 124 Å². The van der Waals surface area contributed by atoms with Crippen LogP contribution in [-0.2, 0) is 6.42 Å². The van der Waals surface area contributed by atoms with Crippen molar-refractivity contribution in [2.75, 3.05) is 19.2 Å². The van der Waals surface area contributed by atoms with Gasteiger partial charge >= 0.3 is 0 Å². The SMILES string of the molecule is COc1ccc(CC(C)Nc2ccc3c(c2)OCO3)cc1. The second kappa shape index (κ2) is 5.95. The average Bonchev–Trinajstić information content (AvgIpc) is 2.95. The predicted octanol–water partition coefficient (Wildman–Crippen LogP) is 3.47. The van der Waals surface area contributed by atoms with Gasteiger partial charge in [0.2, 0.25) is 6.79 Å². The summed E-state index contributed by atoms with van der Waals surface area (Å²) in [6.07, 6.45) is 0.943. The zero-order chi connectivity index (χ0) is 14.7. The van der Waals surface area contributed by atoms with Gasteiger partial charge in [0, 0.05) is 17.8 Å². The summed E-state index contributed by atoms with van der Waals surface area (Å²) >= 11 is 0. The van der Waals surface area contributed by atoms with Gasteiger partial charge in [-0.15, -0.1) is 0 Å². The van der Waals surface area contributed by atoms with Crippen LogP contribution in [0.15, 0.2) is 42.5 Å². The number of hydrogen-bond donors (Lipinski definition) is 1. The Morgan fingerprint density at radius 2 is 1.86 bits per heavy atom. The van der Waals surface area contributed by atoms with Crippen molar-refractivity contribution in [1.82, 2.24) is 0 Å². The van der Waals surface area contributed by atoms with Crippen LogP contribution in [0.4, 0.5) is 5.69 Å². The summed E-state index contributed by atoms with van der Waals surface area (Å²) in [5.74, 6) is 2.50. The predicted molar refractivity (Wildman–Crippen MR) is 82.3 cm³/mol. The minimum Gasteiger partial charge on any atom is -0.497 e. The van der Waals surface area contributed by atoms with Crippen molar-refractivity contribution in [3.63, 3.8) is 0 Å². The molecular weight excluding hydrogens is 266 g/mol. The molecule has 1 unspecified atom stereocenters. The van der Waals surface area contributed by atoms with Gasteiger partial charge in [-0.05, 0) is 43.2 Å². The number of ether oxygens (including phenoxy) is 3. The van der Waals surface area contributed by atoms with Gasteiger partial charge < -0.3 is 19.5 Å². The Hall–Kier alpha value is -2.36. The lowest BCUT2D eigenvalue weighted by molar-refractivity contribution is 0.174. The van der Waals surface area contributed by atoms with E-state index in [1.807, 2.05) is 30.3 Å². The van der Waals surface area contributed by atoms with E-state index in [4.69, 9.17) is 14.2 Å². The summed E-state index contributed by atoms with van der Waals surface area (Å²) in [6.45, 7) is 2.47. The molecule has 110 valence electrons. The summed E-state index contributed by atoms with van der Waals surface area (Å²) in [6, 6.07) is 14.4. The number of hydrogen-bond acceptors (Lipinski definition) is 4. The van der Waals surface area contributed by atoms with Gasteiger partial charge in [0.1, 0.15) is 5.75 Å². The summed E-state index contributed by atoms with van der Waals surface area (Å²) in [4.78, 5) is 0. The minimum absolute atomic E-state index is 0.306. The average molecular weight is 285 g/mol. The number of anilines is 1. The lowest BCUT2D eigenvalue weighted by Gasteiger charge is -2.16. The highest BCUT2D eigenvalue weighted by molar-refractivity contribution is 5.56. The highest BCUT2D eigenvalue weighted by Gasteiger charge is 2.14. The Morgan fingerprint density at radius 1 is 1.10 bits per heavy atom. The molecule has 2 aromatic carbocycles. The lowest BCUT2D eigenvalue weighted by atomic mass is 10.1. The molecule has 1 N–H and O–H groups in total. The number of benzene rings is 2. The molecule has 4 heteroatoms. The van der Waals surface area contributed by atoms with Crippen molar-refractivity contribution < 1.29 is 14.2 Å². The zero-order valence-electron chi connectivity index (χ0n) is 12.3. The van der Waals surface area contributed by atoms with Crippen LogP contribution in [-0.4, -0.2) is 19.9 Å². The first kappa shape index (κ1) is 13.6. The highest BCUT2D eigenvalue weighted by atomic mass is 16.7. The minimum atomic E-state index is 0.306. The maximum Gasteiger partial charge on any atom is 0.231 e. The summed E-state index contributed by atoms with van der Waals surface area (Å²) in [7, 11) is 1.68. The van der Waals surface area contributed by atoms with Crippen LogP contribution in [0.2, 0.25) is 0 Å². The van der Waals surface area contributed by atoms with Crippen LogP contribution in [0.1, 0.15) is 12.5 Å². The maximum atomic E-state index is 5.39. The quantitative estimate of drug-likeness (QED) is 0.913. The van der Waals surface area contributed by atoms with E-state index in [-0.39, 0.29) is 0 Å². The first-order valence-electron chi connectivity index (χ1n) is 7.04. The molecule has 0 spiro atoms. The molecule has 0 bridgehead atoms. The number of rotatable bonds is 5. The molecule has 4 nitrogen and oxygen atoms in total. The Bertz CT molecular complexity index is 610. The van der Waals surface area contributed by atoms with E-state index in [2.05, 4.69) is 24.4 Å². The van der Waals surface area contributed by atoms with Gasteiger partial charge in [-0.25, -0.2) is 0 Å². The largest absolute Gasteiger partial charge is 0.497 e. The third-order valence-electron chi connectivity index (χ3n) is 3.49. The van der Waals surface area contributed by atoms with Crippen molar-refractivity contribution in [3.05, 3.63) is 48.0 Å². The van der Waals surface area contributed by atoms with Gasteiger partial charge in [-0.3, -0.25) is 0 Å². The van der Waals surface area contributed by atoms with Crippen LogP contribution in [0, 0.1) is 0 Å². The normalized spacial score (nSPS) is 13.8. The molecule has 2 aromatic rings. The summed E-state index contributed by atoms with van der Waals surface area (Å²) < 4.78 is 15.9. The number of fused-ring (bicyclic) bond motifs is 1. The van der Waals surface area contributed by atoms with Gasteiger partial charge in [0.25, 0.3) is 0 Å². The highest BCUT2D eigenvalue weighted by Crippen LogP contribution is 2.34. The molecular formula is C17H19NO3. The van der Waals surface area contributed by atoms with Crippen molar-refractivity contribution in [1.29, 1.82) is 0 Å². The van der Waals surface area contributed by atoms with E-state index in [0.717, 1.165) is 29.4 Å².